The second-order valence-electron chi connectivity index (χ2n) is 1.68. The first-order valence-corrected chi connectivity index (χ1v) is 4.27. The van der Waals surface area contributed by atoms with E-state index in [4.69, 9.17) is 10.7 Å². The van der Waals surface area contributed by atoms with E-state index in [9.17, 15) is 10.1 Å². The van der Waals surface area contributed by atoms with E-state index >= 15 is 0 Å². The zero-order valence-electron chi connectivity index (χ0n) is 5.23. The molecule has 11 heavy (non-hydrogen) atoms. The van der Waals surface area contributed by atoms with Gasteiger partial charge in [-0.2, -0.15) is 0 Å². The standard InChI is InChI=1S/C5H3ClN2O2S/c6-11-5-1-2-7-3-4(5)8(9)10/h1-3H. The minimum atomic E-state index is -0.516. The highest BCUT2D eigenvalue weighted by atomic mass is 35.7. The van der Waals surface area contributed by atoms with Crippen LogP contribution < -0.4 is 0 Å². The Kier molecular flexibility index (Phi) is 2.67. The molecule has 0 amide bonds. The monoisotopic (exact) mass is 190 g/mol. The average molecular weight is 191 g/mol. The number of aromatic nitrogens is 1. The van der Waals surface area contributed by atoms with Crippen LogP contribution in [0.25, 0.3) is 0 Å². The molecule has 0 aromatic carbocycles. The quantitative estimate of drug-likeness (QED) is 0.530. The molecule has 0 aliphatic carbocycles. The molecular weight excluding hydrogens is 188 g/mol. The lowest BCUT2D eigenvalue weighted by atomic mass is 10.4. The smallest absolute Gasteiger partial charge is 0.258 e. The van der Waals surface area contributed by atoms with E-state index in [1.807, 2.05) is 0 Å². The van der Waals surface area contributed by atoms with Crippen LogP contribution in [0.2, 0.25) is 0 Å². The number of nitrogens with zero attached hydrogens (tertiary/aromatic N) is 2. The molecule has 1 heterocycles. The van der Waals surface area contributed by atoms with E-state index < -0.39 is 4.92 Å². The van der Waals surface area contributed by atoms with Crippen molar-refractivity contribution >= 4 is 27.3 Å². The van der Waals surface area contributed by atoms with Crippen LogP contribution >= 0.6 is 21.7 Å². The largest absolute Gasteiger partial charge is 0.302 e. The summed E-state index contributed by atoms with van der Waals surface area (Å²) in [6.07, 6.45) is 2.63. The van der Waals surface area contributed by atoms with Crippen molar-refractivity contribution in [3.63, 3.8) is 0 Å². The van der Waals surface area contributed by atoms with Crippen molar-refractivity contribution < 1.29 is 4.92 Å². The van der Waals surface area contributed by atoms with Crippen molar-refractivity contribution in [1.82, 2.24) is 4.98 Å². The second-order valence-corrected chi connectivity index (χ2v) is 2.73. The number of rotatable bonds is 2. The topological polar surface area (TPSA) is 56.0 Å². The summed E-state index contributed by atoms with van der Waals surface area (Å²) in [6, 6.07) is 1.50. The van der Waals surface area contributed by atoms with Crippen molar-refractivity contribution in [3.8, 4) is 0 Å². The van der Waals surface area contributed by atoms with Crippen LogP contribution in [0.15, 0.2) is 23.4 Å². The van der Waals surface area contributed by atoms with Gasteiger partial charge in [0.1, 0.15) is 11.1 Å². The molecule has 58 valence electrons. The molecule has 0 spiro atoms. The molecule has 0 bridgehead atoms. The van der Waals surface area contributed by atoms with Crippen molar-refractivity contribution in [2.75, 3.05) is 0 Å². The first kappa shape index (κ1) is 8.29. The number of pyridine rings is 1. The van der Waals surface area contributed by atoms with Crippen LogP contribution in [-0.4, -0.2) is 9.91 Å². The lowest BCUT2D eigenvalue weighted by Gasteiger charge is -1.93. The molecule has 0 saturated carbocycles. The Balaban J connectivity index is 3.12. The number of nitro groups is 1. The maximum absolute atomic E-state index is 10.3. The summed E-state index contributed by atoms with van der Waals surface area (Å²) >= 11 is 0. The lowest BCUT2D eigenvalue weighted by molar-refractivity contribution is -0.388. The van der Waals surface area contributed by atoms with Crippen molar-refractivity contribution in [2.24, 2.45) is 0 Å². The average Bonchev–Trinajstić information content (AvgIpc) is 2.04. The molecule has 1 aromatic rings. The van der Waals surface area contributed by atoms with Crippen molar-refractivity contribution in [2.45, 2.75) is 4.90 Å². The third-order valence-electron chi connectivity index (χ3n) is 1.04. The van der Waals surface area contributed by atoms with Gasteiger partial charge < -0.3 is 0 Å². The van der Waals surface area contributed by atoms with E-state index in [0.29, 0.717) is 4.90 Å². The van der Waals surface area contributed by atoms with Gasteiger partial charge in [-0.1, -0.05) is 0 Å². The molecule has 4 nitrogen and oxygen atoms in total. The highest BCUT2D eigenvalue weighted by molar-refractivity contribution is 8.21. The molecular formula is C5H3ClN2O2S. The van der Waals surface area contributed by atoms with Crippen LogP contribution in [0.1, 0.15) is 0 Å². The Hall–Kier alpha value is -0.810. The minimum absolute atomic E-state index is 0.0625. The lowest BCUT2D eigenvalue weighted by Crippen LogP contribution is -1.90. The third-order valence-corrected chi connectivity index (χ3v) is 2.05. The van der Waals surface area contributed by atoms with Crippen LogP contribution in [0.5, 0.6) is 0 Å². The number of halogens is 1. The third kappa shape index (κ3) is 1.81. The first-order chi connectivity index (χ1) is 5.25. The highest BCUT2D eigenvalue weighted by Crippen LogP contribution is 2.29. The zero-order chi connectivity index (χ0) is 8.27. The summed E-state index contributed by atoms with van der Waals surface area (Å²) < 4.78 is 0. The molecule has 1 aromatic heterocycles. The van der Waals surface area contributed by atoms with Gasteiger partial charge >= 0.3 is 5.69 Å². The fourth-order valence-corrected chi connectivity index (χ4v) is 1.29. The maximum Gasteiger partial charge on any atom is 0.302 e. The summed E-state index contributed by atoms with van der Waals surface area (Å²) in [5.41, 5.74) is -0.0625. The van der Waals surface area contributed by atoms with Gasteiger partial charge in [0, 0.05) is 6.20 Å². The summed E-state index contributed by atoms with van der Waals surface area (Å²) in [7, 11) is 6.17. The van der Waals surface area contributed by atoms with Crippen molar-refractivity contribution in [3.05, 3.63) is 28.6 Å². The van der Waals surface area contributed by atoms with Crippen LogP contribution in [0.4, 0.5) is 5.69 Å². The fraction of sp³-hybridized carbons (Fsp3) is 0. The van der Waals surface area contributed by atoms with Gasteiger partial charge in [-0.15, -0.1) is 0 Å². The molecule has 0 radical (unpaired) electrons. The van der Waals surface area contributed by atoms with Crippen LogP contribution in [-0.2, 0) is 0 Å². The van der Waals surface area contributed by atoms with Gasteiger partial charge in [0.2, 0.25) is 0 Å². The molecule has 0 saturated heterocycles. The van der Waals surface area contributed by atoms with Gasteiger partial charge in [0.25, 0.3) is 0 Å². The molecule has 0 fully saturated rings. The Labute approximate surface area is 71.2 Å². The van der Waals surface area contributed by atoms with E-state index in [0.717, 1.165) is 11.0 Å². The molecule has 6 heteroatoms. The van der Waals surface area contributed by atoms with Gasteiger partial charge in [-0.25, -0.2) is 0 Å². The summed E-state index contributed by atoms with van der Waals surface area (Å²) in [6.45, 7) is 0. The van der Waals surface area contributed by atoms with Gasteiger partial charge in [-0.05, 0) is 27.7 Å². The SMILES string of the molecule is O=[N+]([O-])c1cnccc1SCl. The van der Waals surface area contributed by atoms with E-state index in [2.05, 4.69) is 4.98 Å². The Morgan fingerprint density at radius 2 is 2.45 bits per heavy atom. The van der Waals surface area contributed by atoms with Crippen LogP contribution in [0, 0.1) is 10.1 Å². The Bertz CT molecular complexity index is 281. The highest BCUT2D eigenvalue weighted by Gasteiger charge is 2.12. The molecule has 0 atom stereocenters. The Morgan fingerprint density at radius 1 is 1.73 bits per heavy atom. The van der Waals surface area contributed by atoms with Crippen molar-refractivity contribution in [1.29, 1.82) is 0 Å². The van der Waals surface area contributed by atoms with E-state index in [-0.39, 0.29) is 5.69 Å². The molecule has 0 unspecified atom stereocenters. The summed E-state index contributed by atoms with van der Waals surface area (Å²) in [4.78, 5) is 13.8. The fourth-order valence-electron chi connectivity index (χ4n) is 0.576. The Morgan fingerprint density at radius 3 is 2.91 bits per heavy atom. The maximum atomic E-state index is 10.3. The zero-order valence-corrected chi connectivity index (χ0v) is 6.80. The molecule has 0 aliphatic rings. The van der Waals surface area contributed by atoms with Gasteiger partial charge in [0.05, 0.1) is 4.92 Å². The molecule has 0 aliphatic heterocycles. The van der Waals surface area contributed by atoms with Gasteiger partial charge in [-0.3, -0.25) is 15.1 Å². The normalized spacial score (nSPS) is 9.55. The summed E-state index contributed by atoms with van der Waals surface area (Å²) in [5.74, 6) is 0. The van der Waals surface area contributed by atoms with Gasteiger partial charge in [0.15, 0.2) is 0 Å². The molecule has 1 rings (SSSR count). The predicted molar refractivity (Wildman–Crippen MR) is 42.6 cm³/mol. The molecule has 0 N–H and O–H groups in total. The number of hydrogen-bond acceptors (Lipinski definition) is 4. The second kappa shape index (κ2) is 3.54. The van der Waals surface area contributed by atoms with Crippen LogP contribution in [0.3, 0.4) is 0 Å². The van der Waals surface area contributed by atoms with E-state index in [1.54, 1.807) is 0 Å². The summed E-state index contributed by atoms with van der Waals surface area (Å²) in [5, 5.41) is 10.3. The first-order valence-electron chi connectivity index (χ1n) is 2.62. The minimum Gasteiger partial charge on any atom is -0.258 e. The predicted octanol–water partition coefficient (Wildman–Crippen LogP) is 2.24. The van der Waals surface area contributed by atoms with E-state index in [1.165, 1.54) is 18.5 Å². The number of hydrogen-bond donors (Lipinski definition) is 0.